The summed E-state index contributed by atoms with van der Waals surface area (Å²) < 4.78 is 27.2. The number of carbonyl (C=O) groups is 1. The Balaban J connectivity index is 2.41. The molecule has 0 aliphatic carbocycles. The van der Waals surface area contributed by atoms with E-state index in [0.717, 1.165) is 10.8 Å². The smallest absolute Gasteiger partial charge is 0.322 e. The van der Waals surface area contributed by atoms with Crippen LogP contribution in [0, 0.1) is 5.41 Å². The molecule has 2 rings (SSSR count). The Morgan fingerprint density at radius 1 is 1.09 bits per heavy atom. The fraction of sp³-hybridized carbons (Fsp3) is 0.312. The number of rotatable bonds is 4. The van der Waals surface area contributed by atoms with Crippen LogP contribution in [0.4, 0.5) is 0 Å². The SMILES string of the molecule is CC(C)(C)[C@H](NS(=O)(=O)c1ccc2ccccc2c1)C(=O)O. The Morgan fingerprint density at radius 2 is 1.68 bits per heavy atom. The summed E-state index contributed by atoms with van der Waals surface area (Å²) in [6.45, 7) is 5.03. The van der Waals surface area contributed by atoms with Crippen molar-refractivity contribution >= 4 is 26.8 Å². The summed E-state index contributed by atoms with van der Waals surface area (Å²) in [5, 5.41) is 11.0. The minimum atomic E-state index is -3.91. The highest BCUT2D eigenvalue weighted by Gasteiger charge is 2.35. The lowest BCUT2D eigenvalue weighted by atomic mass is 9.88. The van der Waals surface area contributed by atoms with Crippen LogP contribution in [0.2, 0.25) is 0 Å². The van der Waals surface area contributed by atoms with Crippen LogP contribution in [-0.4, -0.2) is 25.5 Å². The summed E-state index contributed by atoms with van der Waals surface area (Å²) in [6, 6.07) is 10.9. The van der Waals surface area contributed by atoms with Crippen molar-refractivity contribution in [2.45, 2.75) is 31.7 Å². The van der Waals surface area contributed by atoms with Crippen LogP contribution in [0.1, 0.15) is 20.8 Å². The largest absolute Gasteiger partial charge is 0.480 e. The Hall–Kier alpha value is -1.92. The maximum absolute atomic E-state index is 12.5. The molecule has 0 bridgehead atoms. The molecule has 0 aliphatic rings. The third-order valence-electron chi connectivity index (χ3n) is 3.42. The Kier molecular flexibility index (Phi) is 4.26. The highest BCUT2D eigenvalue weighted by Crippen LogP contribution is 2.23. The number of carboxylic acid groups (broad SMARTS) is 1. The van der Waals surface area contributed by atoms with Gasteiger partial charge in [0.15, 0.2) is 0 Å². The van der Waals surface area contributed by atoms with Crippen molar-refractivity contribution in [3.05, 3.63) is 42.5 Å². The summed E-state index contributed by atoms with van der Waals surface area (Å²) in [4.78, 5) is 11.4. The van der Waals surface area contributed by atoms with E-state index in [4.69, 9.17) is 0 Å². The maximum atomic E-state index is 12.5. The van der Waals surface area contributed by atoms with Crippen LogP contribution in [0.15, 0.2) is 47.4 Å². The van der Waals surface area contributed by atoms with Gasteiger partial charge in [0.25, 0.3) is 0 Å². The van der Waals surface area contributed by atoms with E-state index in [9.17, 15) is 18.3 Å². The van der Waals surface area contributed by atoms with Crippen molar-refractivity contribution in [2.75, 3.05) is 0 Å². The molecule has 0 aliphatic heterocycles. The van der Waals surface area contributed by atoms with Gasteiger partial charge in [-0.3, -0.25) is 4.79 Å². The highest BCUT2D eigenvalue weighted by atomic mass is 32.2. The average Bonchev–Trinajstić information content (AvgIpc) is 2.43. The molecule has 118 valence electrons. The number of nitrogens with one attached hydrogen (secondary N) is 1. The molecule has 0 spiro atoms. The molecule has 2 aromatic rings. The van der Waals surface area contributed by atoms with Crippen molar-refractivity contribution in [2.24, 2.45) is 5.41 Å². The summed E-state index contributed by atoms with van der Waals surface area (Å²) in [6.07, 6.45) is 0. The van der Waals surface area contributed by atoms with Gasteiger partial charge in [-0.05, 0) is 28.3 Å². The standard InChI is InChI=1S/C16H19NO4S/c1-16(2,3)14(15(18)19)17-22(20,21)13-9-8-11-6-4-5-7-12(11)10-13/h4-10,14,17H,1-3H3,(H,18,19)/t14-/m1/s1. The Morgan fingerprint density at radius 3 is 2.23 bits per heavy atom. The summed E-state index contributed by atoms with van der Waals surface area (Å²) in [7, 11) is -3.91. The molecule has 0 saturated carbocycles. The number of carboxylic acids is 1. The molecule has 0 saturated heterocycles. The van der Waals surface area contributed by atoms with Crippen LogP contribution in [0.5, 0.6) is 0 Å². The minimum absolute atomic E-state index is 0.0571. The van der Waals surface area contributed by atoms with E-state index in [0.29, 0.717) is 0 Å². The molecule has 5 nitrogen and oxygen atoms in total. The van der Waals surface area contributed by atoms with E-state index in [2.05, 4.69) is 4.72 Å². The fourth-order valence-corrected chi connectivity index (χ4v) is 3.59. The Labute approximate surface area is 130 Å². The van der Waals surface area contributed by atoms with E-state index in [1.54, 1.807) is 32.9 Å². The predicted molar refractivity (Wildman–Crippen MR) is 85.1 cm³/mol. The Bertz CT molecular complexity index is 806. The first-order valence-corrected chi connectivity index (χ1v) is 8.33. The van der Waals surface area contributed by atoms with Gasteiger partial charge in [-0.2, -0.15) is 4.72 Å². The van der Waals surface area contributed by atoms with E-state index in [1.807, 2.05) is 24.3 Å². The van der Waals surface area contributed by atoms with Crippen LogP contribution >= 0.6 is 0 Å². The number of fused-ring (bicyclic) bond motifs is 1. The van der Waals surface area contributed by atoms with Gasteiger partial charge < -0.3 is 5.11 Å². The van der Waals surface area contributed by atoms with Gasteiger partial charge in [0.2, 0.25) is 10.0 Å². The second kappa shape index (κ2) is 5.70. The number of aliphatic carboxylic acids is 1. The molecule has 0 radical (unpaired) electrons. The van der Waals surface area contributed by atoms with Crippen molar-refractivity contribution in [1.29, 1.82) is 0 Å². The topological polar surface area (TPSA) is 83.5 Å². The molecular formula is C16H19NO4S. The van der Waals surface area contributed by atoms with Crippen LogP contribution in [-0.2, 0) is 14.8 Å². The quantitative estimate of drug-likeness (QED) is 0.906. The molecule has 0 heterocycles. The fourth-order valence-electron chi connectivity index (χ4n) is 2.16. The van der Waals surface area contributed by atoms with Gasteiger partial charge in [0, 0.05) is 0 Å². The molecule has 22 heavy (non-hydrogen) atoms. The third kappa shape index (κ3) is 3.45. The molecular weight excluding hydrogens is 302 g/mol. The third-order valence-corrected chi connectivity index (χ3v) is 4.84. The van der Waals surface area contributed by atoms with Gasteiger partial charge in [-0.25, -0.2) is 8.42 Å². The van der Waals surface area contributed by atoms with Crippen LogP contribution < -0.4 is 4.72 Å². The zero-order chi connectivity index (χ0) is 16.5. The van der Waals surface area contributed by atoms with Gasteiger partial charge in [0.1, 0.15) is 6.04 Å². The lowest BCUT2D eigenvalue weighted by molar-refractivity contribution is -0.141. The van der Waals surface area contributed by atoms with Gasteiger partial charge in [-0.15, -0.1) is 0 Å². The van der Waals surface area contributed by atoms with Gasteiger partial charge >= 0.3 is 5.97 Å². The van der Waals surface area contributed by atoms with E-state index in [-0.39, 0.29) is 4.90 Å². The number of benzene rings is 2. The number of hydrogen-bond donors (Lipinski definition) is 2. The first-order chi connectivity index (χ1) is 10.1. The zero-order valence-corrected chi connectivity index (χ0v) is 13.5. The zero-order valence-electron chi connectivity index (χ0n) is 12.7. The monoisotopic (exact) mass is 321 g/mol. The van der Waals surface area contributed by atoms with Crippen molar-refractivity contribution in [3.8, 4) is 0 Å². The highest BCUT2D eigenvalue weighted by molar-refractivity contribution is 7.89. The van der Waals surface area contributed by atoms with Gasteiger partial charge in [-0.1, -0.05) is 51.1 Å². The second-order valence-electron chi connectivity index (χ2n) is 6.27. The molecule has 0 unspecified atom stereocenters. The van der Waals surface area contributed by atoms with E-state index < -0.39 is 27.4 Å². The van der Waals surface area contributed by atoms with E-state index >= 15 is 0 Å². The summed E-state index contributed by atoms with van der Waals surface area (Å²) in [5.74, 6) is -1.20. The molecule has 0 amide bonds. The predicted octanol–water partition coefficient (Wildman–Crippen LogP) is 2.62. The molecule has 2 aromatic carbocycles. The molecule has 6 heteroatoms. The molecule has 1 atom stereocenters. The lowest BCUT2D eigenvalue weighted by Gasteiger charge is -2.27. The summed E-state index contributed by atoms with van der Waals surface area (Å²) >= 11 is 0. The maximum Gasteiger partial charge on any atom is 0.322 e. The molecule has 0 fully saturated rings. The van der Waals surface area contributed by atoms with Gasteiger partial charge in [0.05, 0.1) is 4.90 Å². The first-order valence-electron chi connectivity index (χ1n) is 6.85. The lowest BCUT2D eigenvalue weighted by Crippen LogP contribution is -2.48. The summed E-state index contributed by atoms with van der Waals surface area (Å²) in [5.41, 5.74) is -0.740. The number of sulfonamides is 1. The normalized spacial score (nSPS) is 14.0. The molecule has 0 aromatic heterocycles. The molecule has 2 N–H and O–H groups in total. The number of hydrogen-bond acceptors (Lipinski definition) is 3. The van der Waals surface area contributed by atoms with Crippen molar-refractivity contribution in [3.63, 3.8) is 0 Å². The second-order valence-corrected chi connectivity index (χ2v) is 7.98. The van der Waals surface area contributed by atoms with Crippen molar-refractivity contribution in [1.82, 2.24) is 4.72 Å². The minimum Gasteiger partial charge on any atom is -0.480 e. The van der Waals surface area contributed by atoms with Crippen LogP contribution in [0.25, 0.3) is 10.8 Å². The van der Waals surface area contributed by atoms with Crippen LogP contribution in [0.3, 0.4) is 0 Å². The van der Waals surface area contributed by atoms with E-state index in [1.165, 1.54) is 6.07 Å². The average molecular weight is 321 g/mol. The van der Waals surface area contributed by atoms with Crippen molar-refractivity contribution < 1.29 is 18.3 Å². The first kappa shape index (κ1) is 16.5.